The summed E-state index contributed by atoms with van der Waals surface area (Å²) in [4.78, 5) is 2.70. The van der Waals surface area contributed by atoms with E-state index in [1.165, 1.54) is 77.4 Å². The molecule has 0 N–H and O–H groups in total. The van der Waals surface area contributed by atoms with Crippen LogP contribution >= 0.6 is 0 Å². The predicted molar refractivity (Wildman–Crippen MR) is 80.0 cm³/mol. The fraction of sp³-hybridized carbons (Fsp3) is 1.00. The molecule has 0 fully saturated rings. The Morgan fingerprint density at radius 3 is 1.00 bits per heavy atom. The average Bonchev–Trinajstić information content (AvgIpc) is 2.29. The summed E-state index contributed by atoms with van der Waals surface area (Å²) in [5, 5.41) is 0. The molecule has 0 saturated carbocycles. The predicted octanol–water partition coefficient (Wildman–Crippen LogP) is 5.16. The van der Waals surface area contributed by atoms with Gasteiger partial charge in [-0.25, -0.2) is 0 Å². The maximum Gasteiger partial charge on any atom is -0.00187 e. The van der Waals surface area contributed by atoms with Crippen molar-refractivity contribution in [2.45, 2.75) is 78.6 Å². The highest BCUT2D eigenvalue weighted by Crippen LogP contribution is 2.05. The number of hydrogen-bond acceptors (Lipinski definition) is 1. The molecule has 114 valence electrons. The lowest BCUT2D eigenvalue weighted by atomic mass is 10.2. The molecule has 0 radical (unpaired) electrons. The van der Waals surface area contributed by atoms with Crippen molar-refractivity contribution in [1.29, 1.82) is 0 Å². The summed E-state index contributed by atoms with van der Waals surface area (Å²) in [6.07, 6.45) is 12.4. The topological polar surface area (TPSA) is 3.24 Å². The van der Waals surface area contributed by atoms with Crippen LogP contribution in [0.1, 0.15) is 78.6 Å². The molecule has 0 heterocycles. The fourth-order valence-corrected chi connectivity index (χ4v) is 2.09. The van der Waals surface area contributed by atoms with E-state index in [2.05, 4.69) is 25.7 Å². The van der Waals surface area contributed by atoms with E-state index < -0.39 is 0 Å². The van der Waals surface area contributed by atoms with Gasteiger partial charge in [0.1, 0.15) is 0 Å². The molecule has 0 rings (SSSR count). The van der Waals surface area contributed by atoms with Gasteiger partial charge in [-0.2, -0.15) is 0 Å². The van der Waals surface area contributed by atoms with E-state index in [0.29, 0.717) is 0 Å². The largest absolute Gasteiger partial charge is 0.303 e. The van der Waals surface area contributed by atoms with Crippen molar-refractivity contribution in [3.63, 3.8) is 0 Å². The first-order valence-electron chi connectivity index (χ1n) is 7.57. The quantitative estimate of drug-likeness (QED) is 0.441. The molecule has 0 spiro atoms. The van der Waals surface area contributed by atoms with Crippen LogP contribution in [0, 0.1) is 0 Å². The Morgan fingerprint density at radius 2 is 0.778 bits per heavy atom. The highest BCUT2D eigenvalue weighted by Gasteiger charge is 2.03. The molecule has 0 aliphatic carbocycles. The highest BCUT2D eigenvalue weighted by atomic mass is 19.0. The molecule has 0 aromatic carbocycles. The average molecular weight is 267 g/mol. The van der Waals surface area contributed by atoms with E-state index in [9.17, 15) is 0 Å². The molecular formula is C15H35F2N. The second-order valence-corrected chi connectivity index (χ2v) is 4.96. The normalized spacial score (nSPS) is 10.0. The van der Waals surface area contributed by atoms with Crippen LogP contribution in [0.3, 0.4) is 0 Å². The van der Waals surface area contributed by atoms with Gasteiger partial charge in [-0.1, -0.05) is 59.3 Å². The van der Waals surface area contributed by atoms with Gasteiger partial charge in [-0.3, -0.25) is 9.41 Å². The summed E-state index contributed by atoms with van der Waals surface area (Å²) in [7, 11) is 0. The summed E-state index contributed by atoms with van der Waals surface area (Å²) >= 11 is 0. The molecule has 3 heteroatoms. The molecule has 0 atom stereocenters. The Hall–Kier alpha value is -0.180. The van der Waals surface area contributed by atoms with Crippen LogP contribution < -0.4 is 0 Å². The van der Waals surface area contributed by atoms with Gasteiger partial charge in [0.25, 0.3) is 0 Å². The van der Waals surface area contributed by atoms with Crippen LogP contribution in [-0.4, -0.2) is 24.5 Å². The zero-order valence-corrected chi connectivity index (χ0v) is 12.7. The Morgan fingerprint density at radius 1 is 0.500 bits per heavy atom. The van der Waals surface area contributed by atoms with E-state index in [0.717, 1.165) is 0 Å². The molecule has 0 bridgehead atoms. The lowest BCUT2D eigenvalue weighted by molar-refractivity contribution is 0.256. The Balaban J connectivity index is -0.00000112. The number of halogens is 2. The van der Waals surface area contributed by atoms with Gasteiger partial charge in [0.2, 0.25) is 0 Å². The van der Waals surface area contributed by atoms with Crippen molar-refractivity contribution in [2.75, 3.05) is 19.6 Å². The Labute approximate surface area is 113 Å². The van der Waals surface area contributed by atoms with Crippen molar-refractivity contribution in [2.24, 2.45) is 0 Å². The zero-order valence-electron chi connectivity index (χ0n) is 12.7. The number of rotatable bonds is 12. The zero-order chi connectivity index (χ0) is 12.1. The van der Waals surface area contributed by atoms with Crippen molar-refractivity contribution in [3.8, 4) is 0 Å². The molecule has 0 aromatic heterocycles. The van der Waals surface area contributed by atoms with Crippen LogP contribution in [0.25, 0.3) is 0 Å². The molecule has 0 aliphatic heterocycles. The maximum absolute atomic E-state index is 2.70. The van der Waals surface area contributed by atoms with Crippen LogP contribution in [0.5, 0.6) is 0 Å². The van der Waals surface area contributed by atoms with Crippen LogP contribution in [0.15, 0.2) is 0 Å². The Kier molecular flexibility index (Phi) is 24.4. The third-order valence-corrected chi connectivity index (χ3v) is 3.23. The fourth-order valence-electron chi connectivity index (χ4n) is 2.09. The first-order valence-corrected chi connectivity index (χ1v) is 7.57. The third-order valence-electron chi connectivity index (χ3n) is 3.23. The van der Waals surface area contributed by atoms with Crippen molar-refractivity contribution in [3.05, 3.63) is 0 Å². The minimum absolute atomic E-state index is 0. The summed E-state index contributed by atoms with van der Waals surface area (Å²) in [5.74, 6) is 0. The molecule has 0 aromatic rings. The minimum Gasteiger partial charge on any atom is -0.303 e. The first kappa shape index (κ1) is 23.0. The van der Waals surface area contributed by atoms with Gasteiger partial charge in [0, 0.05) is 0 Å². The maximum atomic E-state index is 2.70. The third kappa shape index (κ3) is 15.8. The van der Waals surface area contributed by atoms with E-state index in [1.54, 1.807) is 0 Å². The molecule has 0 amide bonds. The van der Waals surface area contributed by atoms with Crippen molar-refractivity contribution in [1.82, 2.24) is 4.90 Å². The van der Waals surface area contributed by atoms with E-state index in [-0.39, 0.29) is 9.41 Å². The Bertz CT molecular complexity index is 108. The first-order chi connectivity index (χ1) is 7.85. The van der Waals surface area contributed by atoms with Crippen LogP contribution in [-0.2, 0) is 0 Å². The summed E-state index contributed by atoms with van der Waals surface area (Å²) < 4.78 is 0. The van der Waals surface area contributed by atoms with Gasteiger partial charge >= 0.3 is 0 Å². The second kappa shape index (κ2) is 19.2. The van der Waals surface area contributed by atoms with Gasteiger partial charge in [0.05, 0.1) is 0 Å². The SMILES string of the molecule is CCCCCN(CCCCC)CCCCC.F.F. The standard InChI is InChI=1S/C15H33N.2FH/c1-4-7-10-13-16(14-11-8-5-2)15-12-9-6-3;;/h4-15H2,1-3H3;2*1H. The smallest absolute Gasteiger partial charge is 0.00187 e. The molecule has 0 saturated heterocycles. The number of hydrogen-bond donors (Lipinski definition) is 0. The highest BCUT2D eigenvalue weighted by molar-refractivity contribution is 4.58. The lowest BCUT2D eigenvalue weighted by Gasteiger charge is -2.22. The molecule has 18 heavy (non-hydrogen) atoms. The summed E-state index contributed by atoms with van der Waals surface area (Å²) in [6.45, 7) is 10.9. The molecule has 0 aliphatic rings. The summed E-state index contributed by atoms with van der Waals surface area (Å²) in [5.41, 5.74) is 0. The van der Waals surface area contributed by atoms with Gasteiger partial charge < -0.3 is 4.90 Å². The van der Waals surface area contributed by atoms with Crippen molar-refractivity contribution >= 4 is 0 Å². The second-order valence-electron chi connectivity index (χ2n) is 4.96. The number of nitrogens with zero attached hydrogens (tertiary/aromatic N) is 1. The monoisotopic (exact) mass is 267 g/mol. The van der Waals surface area contributed by atoms with Crippen molar-refractivity contribution < 1.29 is 9.41 Å². The molecule has 0 unspecified atom stereocenters. The van der Waals surface area contributed by atoms with Gasteiger partial charge in [0.15, 0.2) is 0 Å². The van der Waals surface area contributed by atoms with Crippen LogP contribution in [0.4, 0.5) is 9.41 Å². The van der Waals surface area contributed by atoms with Crippen LogP contribution in [0.2, 0.25) is 0 Å². The minimum atomic E-state index is 0. The lowest BCUT2D eigenvalue weighted by Crippen LogP contribution is -2.27. The van der Waals surface area contributed by atoms with E-state index >= 15 is 0 Å². The van der Waals surface area contributed by atoms with E-state index in [1.807, 2.05) is 0 Å². The van der Waals surface area contributed by atoms with Gasteiger partial charge in [-0.05, 0) is 38.9 Å². The number of unbranched alkanes of at least 4 members (excludes halogenated alkanes) is 6. The molecule has 1 nitrogen and oxygen atoms in total. The molecular weight excluding hydrogens is 232 g/mol. The summed E-state index contributed by atoms with van der Waals surface area (Å²) in [6, 6.07) is 0. The van der Waals surface area contributed by atoms with Gasteiger partial charge in [-0.15, -0.1) is 0 Å². The van der Waals surface area contributed by atoms with E-state index in [4.69, 9.17) is 0 Å².